The van der Waals surface area contributed by atoms with E-state index < -0.39 is 9.84 Å². The second-order valence-electron chi connectivity index (χ2n) is 3.69. The van der Waals surface area contributed by atoms with Gasteiger partial charge in [0.15, 0.2) is 9.84 Å². The molecule has 0 spiro atoms. The minimum Gasteiger partial charge on any atom is -0.497 e. The Balaban J connectivity index is 3.17. The second-order valence-corrected chi connectivity index (χ2v) is 5.77. The molecule has 0 radical (unpaired) electrons. The first-order chi connectivity index (χ1) is 8.05. The van der Waals surface area contributed by atoms with Crippen LogP contribution in [0, 0.1) is 0 Å². The summed E-state index contributed by atoms with van der Waals surface area (Å²) in [6.07, 6.45) is 1.48. The molecule has 1 aromatic carbocycles. The van der Waals surface area contributed by atoms with E-state index in [1.165, 1.54) is 20.3 Å². The summed E-state index contributed by atoms with van der Waals surface area (Å²) in [4.78, 5) is 0.202. The summed E-state index contributed by atoms with van der Waals surface area (Å²) in [5.41, 5.74) is 0. The number of hydrogen-bond donors (Lipinski definition) is 0. The van der Waals surface area contributed by atoms with Crippen LogP contribution in [0.5, 0.6) is 11.5 Å². The van der Waals surface area contributed by atoms with Crippen molar-refractivity contribution in [2.75, 3.05) is 20.0 Å². The van der Waals surface area contributed by atoms with E-state index >= 15 is 0 Å². The Hall–Kier alpha value is -1.23. The summed E-state index contributed by atoms with van der Waals surface area (Å²) in [6, 6.07) is 4.79. The van der Waals surface area contributed by atoms with Crippen molar-refractivity contribution in [3.8, 4) is 11.5 Å². The minimum atomic E-state index is -3.30. The van der Waals surface area contributed by atoms with Crippen LogP contribution in [0.4, 0.5) is 0 Å². The molecule has 0 atom stereocenters. The molecule has 0 unspecified atom stereocenters. The molecule has 0 saturated heterocycles. The first-order valence-electron chi connectivity index (χ1n) is 5.50. The van der Waals surface area contributed by atoms with E-state index in [4.69, 9.17) is 9.47 Å². The van der Waals surface area contributed by atoms with Crippen LogP contribution in [0.1, 0.15) is 19.8 Å². The number of methoxy groups -OCH3 is 2. The van der Waals surface area contributed by atoms with Gasteiger partial charge in [-0.15, -0.1) is 0 Å². The molecular weight excluding hydrogens is 240 g/mol. The van der Waals surface area contributed by atoms with E-state index in [9.17, 15) is 8.42 Å². The SMILES string of the molecule is CCCCS(=O)(=O)c1cc(OC)ccc1OC. The van der Waals surface area contributed by atoms with Gasteiger partial charge in [0.05, 0.1) is 20.0 Å². The molecule has 0 aliphatic carbocycles. The average molecular weight is 258 g/mol. The molecule has 0 fully saturated rings. The number of unbranched alkanes of at least 4 members (excludes halogenated alkanes) is 1. The van der Waals surface area contributed by atoms with E-state index in [1.807, 2.05) is 6.92 Å². The summed E-state index contributed by atoms with van der Waals surface area (Å²) in [6.45, 7) is 1.96. The van der Waals surface area contributed by atoms with Gasteiger partial charge in [-0.3, -0.25) is 0 Å². The van der Waals surface area contributed by atoms with Crippen molar-refractivity contribution in [3.05, 3.63) is 18.2 Å². The van der Waals surface area contributed by atoms with E-state index in [1.54, 1.807) is 12.1 Å². The molecule has 1 rings (SSSR count). The number of rotatable bonds is 6. The molecule has 17 heavy (non-hydrogen) atoms. The van der Waals surface area contributed by atoms with Crippen LogP contribution in [0.2, 0.25) is 0 Å². The molecule has 0 N–H and O–H groups in total. The van der Waals surface area contributed by atoms with Gasteiger partial charge in [-0.25, -0.2) is 8.42 Å². The van der Waals surface area contributed by atoms with Crippen LogP contribution < -0.4 is 9.47 Å². The number of hydrogen-bond acceptors (Lipinski definition) is 4. The Bertz CT molecular complexity index is 465. The molecule has 4 nitrogen and oxygen atoms in total. The fraction of sp³-hybridized carbons (Fsp3) is 0.500. The fourth-order valence-corrected chi connectivity index (χ4v) is 3.11. The van der Waals surface area contributed by atoms with E-state index in [2.05, 4.69) is 0 Å². The van der Waals surface area contributed by atoms with Crippen molar-refractivity contribution in [3.63, 3.8) is 0 Å². The van der Waals surface area contributed by atoms with E-state index in [0.29, 0.717) is 17.9 Å². The summed E-state index contributed by atoms with van der Waals surface area (Å²) >= 11 is 0. The van der Waals surface area contributed by atoms with Gasteiger partial charge in [-0.2, -0.15) is 0 Å². The van der Waals surface area contributed by atoms with Crippen LogP contribution in [-0.2, 0) is 9.84 Å². The quantitative estimate of drug-likeness (QED) is 0.785. The first kappa shape index (κ1) is 13.8. The van der Waals surface area contributed by atoms with Crippen molar-refractivity contribution >= 4 is 9.84 Å². The summed E-state index contributed by atoms with van der Waals surface area (Å²) in [7, 11) is -0.340. The average Bonchev–Trinajstić information content (AvgIpc) is 2.35. The third kappa shape index (κ3) is 3.36. The largest absolute Gasteiger partial charge is 0.497 e. The maximum absolute atomic E-state index is 12.1. The smallest absolute Gasteiger partial charge is 0.182 e. The second kappa shape index (κ2) is 5.91. The van der Waals surface area contributed by atoms with Gasteiger partial charge in [-0.1, -0.05) is 13.3 Å². The Morgan fingerprint density at radius 3 is 2.41 bits per heavy atom. The lowest BCUT2D eigenvalue weighted by atomic mass is 10.3. The summed E-state index contributed by atoms with van der Waals surface area (Å²) in [5.74, 6) is 1.01. The van der Waals surface area contributed by atoms with Gasteiger partial charge in [0.2, 0.25) is 0 Å². The zero-order valence-corrected chi connectivity index (χ0v) is 11.2. The standard InChI is InChI=1S/C12H18O4S/c1-4-5-8-17(13,14)12-9-10(15-2)6-7-11(12)16-3/h6-7,9H,4-5,8H2,1-3H3. The third-order valence-corrected chi connectivity index (χ3v) is 4.29. The lowest BCUT2D eigenvalue weighted by molar-refractivity contribution is 0.392. The van der Waals surface area contributed by atoms with Gasteiger partial charge in [0.25, 0.3) is 0 Å². The maximum atomic E-state index is 12.1. The maximum Gasteiger partial charge on any atom is 0.182 e. The molecule has 96 valence electrons. The lowest BCUT2D eigenvalue weighted by Crippen LogP contribution is -2.08. The number of benzene rings is 1. The van der Waals surface area contributed by atoms with Crippen molar-refractivity contribution in [2.45, 2.75) is 24.7 Å². The zero-order chi connectivity index (χ0) is 12.9. The normalized spacial score (nSPS) is 11.2. The highest BCUT2D eigenvalue weighted by atomic mass is 32.2. The lowest BCUT2D eigenvalue weighted by Gasteiger charge is -2.10. The summed E-state index contributed by atoms with van der Waals surface area (Å²) in [5, 5.41) is 0. The van der Waals surface area contributed by atoms with Crippen molar-refractivity contribution in [1.29, 1.82) is 0 Å². The highest BCUT2D eigenvalue weighted by Gasteiger charge is 2.19. The molecule has 1 aromatic rings. The van der Waals surface area contributed by atoms with Crippen molar-refractivity contribution < 1.29 is 17.9 Å². The molecule has 5 heteroatoms. The van der Waals surface area contributed by atoms with Crippen LogP contribution in [-0.4, -0.2) is 28.4 Å². The molecule has 0 saturated carbocycles. The van der Waals surface area contributed by atoms with Gasteiger partial charge < -0.3 is 9.47 Å². The zero-order valence-electron chi connectivity index (χ0n) is 10.4. The van der Waals surface area contributed by atoms with Gasteiger partial charge in [-0.05, 0) is 18.6 Å². The molecular formula is C12H18O4S. The van der Waals surface area contributed by atoms with Crippen LogP contribution >= 0.6 is 0 Å². The monoisotopic (exact) mass is 258 g/mol. The number of ether oxygens (including phenoxy) is 2. The Labute approximate surface area is 102 Å². The third-order valence-electron chi connectivity index (χ3n) is 2.47. The van der Waals surface area contributed by atoms with Gasteiger partial charge in [0.1, 0.15) is 16.4 Å². The molecule has 0 aromatic heterocycles. The topological polar surface area (TPSA) is 52.6 Å². The van der Waals surface area contributed by atoms with Crippen molar-refractivity contribution in [1.82, 2.24) is 0 Å². The first-order valence-corrected chi connectivity index (χ1v) is 7.15. The van der Waals surface area contributed by atoms with Crippen LogP contribution in [0.25, 0.3) is 0 Å². The van der Waals surface area contributed by atoms with Crippen LogP contribution in [0.15, 0.2) is 23.1 Å². The molecule has 0 bridgehead atoms. The molecule has 0 amide bonds. The highest BCUT2D eigenvalue weighted by Crippen LogP contribution is 2.29. The number of sulfone groups is 1. The highest BCUT2D eigenvalue weighted by molar-refractivity contribution is 7.91. The Morgan fingerprint density at radius 1 is 1.18 bits per heavy atom. The minimum absolute atomic E-state index is 0.132. The molecule has 0 heterocycles. The molecule has 0 aliphatic heterocycles. The predicted molar refractivity (Wildman–Crippen MR) is 66.5 cm³/mol. The fourth-order valence-electron chi connectivity index (χ4n) is 1.47. The van der Waals surface area contributed by atoms with E-state index in [0.717, 1.165) is 6.42 Å². The van der Waals surface area contributed by atoms with E-state index in [-0.39, 0.29) is 10.6 Å². The van der Waals surface area contributed by atoms with Gasteiger partial charge in [0, 0.05) is 6.07 Å². The Morgan fingerprint density at radius 2 is 1.88 bits per heavy atom. The van der Waals surface area contributed by atoms with Crippen molar-refractivity contribution in [2.24, 2.45) is 0 Å². The Kier molecular flexibility index (Phi) is 4.81. The van der Waals surface area contributed by atoms with Gasteiger partial charge >= 0.3 is 0 Å². The van der Waals surface area contributed by atoms with Crippen LogP contribution in [0.3, 0.4) is 0 Å². The molecule has 0 aliphatic rings. The predicted octanol–water partition coefficient (Wildman–Crippen LogP) is 2.28. The summed E-state index contributed by atoms with van der Waals surface area (Å²) < 4.78 is 34.3.